The lowest BCUT2D eigenvalue weighted by Crippen LogP contribution is -2.09. The maximum absolute atomic E-state index is 10.8. The van der Waals surface area contributed by atoms with Crippen LogP contribution in [0.25, 0.3) is 0 Å². The van der Waals surface area contributed by atoms with E-state index in [0.717, 1.165) is 5.06 Å². The van der Waals surface area contributed by atoms with Crippen molar-refractivity contribution in [2.75, 3.05) is 14.2 Å². The zero-order chi connectivity index (χ0) is 8.85. The minimum Gasteiger partial charge on any atom is -0.465 e. The van der Waals surface area contributed by atoms with E-state index in [4.69, 9.17) is 5.21 Å². The molecule has 0 bridgehead atoms. The van der Waals surface area contributed by atoms with E-state index in [-0.39, 0.29) is 5.57 Å². The van der Waals surface area contributed by atoms with E-state index in [1.165, 1.54) is 26.4 Å². The van der Waals surface area contributed by atoms with Gasteiger partial charge in [-0.3, -0.25) is 10.3 Å². The molecule has 0 radical (unpaired) electrons. The van der Waals surface area contributed by atoms with Crippen molar-refractivity contribution in [3.63, 3.8) is 0 Å². The summed E-state index contributed by atoms with van der Waals surface area (Å²) in [5.74, 6) is -0.527. The highest BCUT2D eigenvalue weighted by atomic mass is 16.5. The number of hydroxylamine groups is 2. The van der Waals surface area contributed by atoms with Gasteiger partial charge in [0.25, 0.3) is 0 Å². The number of rotatable bonds is 3. The van der Waals surface area contributed by atoms with Gasteiger partial charge in [0, 0.05) is 13.2 Å². The van der Waals surface area contributed by atoms with Crippen LogP contribution in [0, 0.1) is 0 Å². The molecule has 0 atom stereocenters. The molecule has 0 amide bonds. The molecular weight excluding hydrogens is 146 g/mol. The van der Waals surface area contributed by atoms with Gasteiger partial charge in [0.2, 0.25) is 0 Å². The van der Waals surface area contributed by atoms with Crippen molar-refractivity contribution in [3.05, 3.63) is 24.4 Å². The van der Waals surface area contributed by atoms with Crippen LogP contribution < -0.4 is 0 Å². The number of hydrogen-bond acceptors (Lipinski definition) is 4. The Balaban J connectivity index is 4.39. The predicted molar refractivity (Wildman–Crippen MR) is 39.8 cm³/mol. The van der Waals surface area contributed by atoms with Crippen LogP contribution in [0.4, 0.5) is 0 Å². The average Bonchev–Trinajstić information content (AvgIpc) is 1.98. The molecule has 4 nitrogen and oxygen atoms in total. The van der Waals surface area contributed by atoms with Crippen LogP contribution in [-0.4, -0.2) is 30.4 Å². The number of carbonyl (C=O) groups is 1. The van der Waals surface area contributed by atoms with Crippen LogP contribution in [-0.2, 0) is 9.53 Å². The lowest BCUT2D eigenvalue weighted by atomic mass is 10.3. The van der Waals surface area contributed by atoms with Crippen LogP contribution in [0.15, 0.2) is 24.4 Å². The zero-order valence-electron chi connectivity index (χ0n) is 6.57. The summed E-state index contributed by atoms with van der Waals surface area (Å²) in [4.78, 5) is 10.8. The Morgan fingerprint density at radius 2 is 2.27 bits per heavy atom. The van der Waals surface area contributed by atoms with Crippen LogP contribution in [0.5, 0.6) is 0 Å². The van der Waals surface area contributed by atoms with Crippen LogP contribution in [0.2, 0.25) is 0 Å². The second-order valence-electron chi connectivity index (χ2n) is 1.85. The molecule has 0 saturated carbocycles. The van der Waals surface area contributed by atoms with Crippen molar-refractivity contribution in [1.82, 2.24) is 5.06 Å². The Hall–Kier alpha value is -1.29. The molecule has 0 aromatic heterocycles. The standard InChI is InChI=1S/C7H11NO3/c1-4-6(5-8(2)10)7(9)11-3/h4-5,10H,1H2,2-3H3/b6-5+. The summed E-state index contributed by atoms with van der Waals surface area (Å²) in [6.45, 7) is 3.38. The molecule has 0 heterocycles. The van der Waals surface area contributed by atoms with Crippen LogP contribution in [0.1, 0.15) is 0 Å². The molecule has 0 fully saturated rings. The number of ether oxygens (including phenoxy) is 1. The third kappa shape index (κ3) is 3.42. The topological polar surface area (TPSA) is 49.8 Å². The average molecular weight is 157 g/mol. The van der Waals surface area contributed by atoms with E-state index < -0.39 is 5.97 Å². The van der Waals surface area contributed by atoms with E-state index in [1.54, 1.807) is 0 Å². The largest absolute Gasteiger partial charge is 0.465 e. The molecule has 11 heavy (non-hydrogen) atoms. The fraction of sp³-hybridized carbons (Fsp3) is 0.286. The molecule has 0 aliphatic heterocycles. The Kier molecular flexibility index (Phi) is 3.98. The molecular formula is C7H11NO3. The summed E-state index contributed by atoms with van der Waals surface area (Å²) >= 11 is 0. The molecule has 4 heteroatoms. The fourth-order valence-corrected chi connectivity index (χ4v) is 0.508. The van der Waals surface area contributed by atoms with Gasteiger partial charge in [-0.05, 0) is 0 Å². The fourth-order valence-electron chi connectivity index (χ4n) is 0.508. The monoisotopic (exact) mass is 157 g/mol. The highest BCUT2D eigenvalue weighted by Crippen LogP contribution is 1.98. The molecule has 0 aromatic carbocycles. The summed E-state index contributed by atoms with van der Waals surface area (Å²) in [5.41, 5.74) is 0.206. The normalized spacial score (nSPS) is 10.6. The molecule has 0 aliphatic carbocycles. The molecule has 0 unspecified atom stereocenters. The number of carbonyl (C=O) groups excluding carboxylic acids is 1. The molecule has 0 aliphatic rings. The lowest BCUT2D eigenvalue weighted by Gasteiger charge is -2.04. The summed E-state index contributed by atoms with van der Waals surface area (Å²) in [7, 11) is 2.64. The van der Waals surface area contributed by atoms with Gasteiger partial charge in [0.15, 0.2) is 0 Å². The Morgan fingerprint density at radius 1 is 1.73 bits per heavy atom. The third-order valence-corrected chi connectivity index (χ3v) is 0.967. The second-order valence-corrected chi connectivity index (χ2v) is 1.85. The third-order valence-electron chi connectivity index (χ3n) is 0.967. The van der Waals surface area contributed by atoms with Gasteiger partial charge in [-0.25, -0.2) is 4.79 Å². The molecule has 62 valence electrons. The summed E-state index contributed by atoms with van der Waals surface area (Å²) in [5, 5.41) is 9.46. The van der Waals surface area contributed by atoms with Gasteiger partial charge >= 0.3 is 5.97 Å². The second kappa shape index (κ2) is 4.51. The quantitative estimate of drug-likeness (QED) is 0.281. The first-order valence-electron chi connectivity index (χ1n) is 2.96. The highest BCUT2D eigenvalue weighted by molar-refractivity contribution is 5.91. The maximum Gasteiger partial charge on any atom is 0.339 e. The molecule has 0 spiro atoms. The number of esters is 1. The van der Waals surface area contributed by atoms with Gasteiger partial charge in [-0.2, -0.15) is 0 Å². The van der Waals surface area contributed by atoms with E-state index in [0.29, 0.717) is 0 Å². The van der Waals surface area contributed by atoms with E-state index in [2.05, 4.69) is 11.3 Å². The van der Waals surface area contributed by atoms with Gasteiger partial charge in [0.1, 0.15) is 0 Å². The van der Waals surface area contributed by atoms with E-state index in [9.17, 15) is 4.79 Å². The number of hydrogen-bond donors (Lipinski definition) is 1. The summed E-state index contributed by atoms with van der Waals surface area (Å²) < 4.78 is 4.39. The minimum absolute atomic E-state index is 0.206. The van der Waals surface area contributed by atoms with Crippen molar-refractivity contribution in [1.29, 1.82) is 0 Å². The van der Waals surface area contributed by atoms with Gasteiger partial charge in [0.05, 0.1) is 12.7 Å². The maximum atomic E-state index is 10.8. The van der Waals surface area contributed by atoms with Crippen molar-refractivity contribution in [2.45, 2.75) is 0 Å². The lowest BCUT2D eigenvalue weighted by molar-refractivity contribution is -0.136. The first kappa shape index (κ1) is 9.71. The van der Waals surface area contributed by atoms with E-state index in [1.807, 2.05) is 0 Å². The van der Waals surface area contributed by atoms with Crippen molar-refractivity contribution >= 4 is 5.97 Å². The smallest absolute Gasteiger partial charge is 0.339 e. The number of methoxy groups -OCH3 is 1. The molecule has 1 N–H and O–H groups in total. The molecule has 0 saturated heterocycles. The minimum atomic E-state index is -0.527. The van der Waals surface area contributed by atoms with Crippen LogP contribution >= 0.6 is 0 Å². The van der Waals surface area contributed by atoms with Gasteiger partial charge in [-0.1, -0.05) is 12.7 Å². The van der Waals surface area contributed by atoms with Crippen molar-refractivity contribution in [3.8, 4) is 0 Å². The van der Waals surface area contributed by atoms with Gasteiger partial charge < -0.3 is 4.74 Å². The first-order valence-corrected chi connectivity index (χ1v) is 2.96. The van der Waals surface area contributed by atoms with E-state index >= 15 is 0 Å². The summed E-state index contributed by atoms with van der Waals surface area (Å²) in [6, 6.07) is 0. The van der Waals surface area contributed by atoms with Gasteiger partial charge in [-0.15, -0.1) is 0 Å². The van der Waals surface area contributed by atoms with Crippen molar-refractivity contribution < 1.29 is 14.7 Å². The summed E-state index contributed by atoms with van der Waals surface area (Å²) in [6.07, 6.45) is 2.51. The SMILES string of the molecule is C=C/C(=C\N(C)O)C(=O)OC. The zero-order valence-corrected chi connectivity index (χ0v) is 6.57. The van der Waals surface area contributed by atoms with Crippen LogP contribution in [0.3, 0.4) is 0 Å². The van der Waals surface area contributed by atoms with Crippen molar-refractivity contribution in [2.24, 2.45) is 0 Å². The first-order chi connectivity index (χ1) is 5.11. The highest BCUT2D eigenvalue weighted by Gasteiger charge is 2.04. The Bertz CT molecular complexity index is 184. The predicted octanol–water partition coefficient (Wildman–Crippen LogP) is 0.550. The molecule has 0 rings (SSSR count). The Labute approximate surface area is 65.3 Å². The number of nitrogens with zero attached hydrogens (tertiary/aromatic N) is 1. The Morgan fingerprint density at radius 3 is 2.55 bits per heavy atom. The molecule has 0 aromatic rings.